The largest absolute Gasteiger partial charge is 0.433 e. The summed E-state index contributed by atoms with van der Waals surface area (Å²) >= 11 is 0. The molecular weight excluding hydrogens is 481 g/mol. The second kappa shape index (κ2) is 11.1. The number of aromatic amines is 1. The van der Waals surface area contributed by atoms with E-state index in [1.807, 2.05) is 69.3 Å². The molecule has 0 aliphatic heterocycles. The van der Waals surface area contributed by atoms with Gasteiger partial charge in [0.2, 0.25) is 5.82 Å². The first-order valence-electron chi connectivity index (χ1n) is 12.5. The third-order valence-corrected chi connectivity index (χ3v) is 6.41. The summed E-state index contributed by atoms with van der Waals surface area (Å²) in [4.78, 5) is 13.3. The topological polar surface area (TPSA) is 81.4 Å². The van der Waals surface area contributed by atoms with E-state index in [4.69, 9.17) is 0 Å². The van der Waals surface area contributed by atoms with Gasteiger partial charge in [-0.2, -0.15) is 18.4 Å². The third-order valence-electron chi connectivity index (χ3n) is 6.41. The summed E-state index contributed by atoms with van der Waals surface area (Å²) in [6.07, 6.45) is -2.65. The van der Waals surface area contributed by atoms with Gasteiger partial charge in [0.05, 0.1) is 12.2 Å². The van der Waals surface area contributed by atoms with Crippen molar-refractivity contribution in [3.05, 3.63) is 76.0 Å². The van der Waals surface area contributed by atoms with Gasteiger partial charge in [-0.05, 0) is 47.1 Å². The van der Waals surface area contributed by atoms with Crippen molar-refractivity contribution in [3.8, 4) is 22.5 Å². The van der Waals surface area contributed by atoms with Crippen molar-refractivity contribution >= 4 is 0 Å². The predicted octanol–water partition coefficient (Wildman–Crippen LogP) is 5.95. The molecule has 0 aliphatic carbocycles. The van der Waals surface area contributed by atoms with Crippen molar-refractivity contribution in [1.82, 2.24) is 29.8 Å². The molecule has 0 fully saturated rings. The van der Waals surface area contributed by atoms with Crippen LogP contribution in [-0.4, -0.2) is 29.8 Å². The Morgan fingerprint density at radius 2 is 1.70 bits per heavy atom. The van der Waals surface area contributed by atoms with Crippen LogP contribution in [0.2, 0.25) is 0 Å². The lowest BCUT2D eigenvalue weighted by Crippen LogP contribution is -2.27. The van der Waals surface area contributed by atoms with Crippen LogP contribution in [0.4, 0.5) is 13.2 Å². The number of rotatable bonds is 10. The molecule has 0 spiro atoms. The van der Waals surface area contributed by atoms with E-state index in [2.05, 4.69) is 20.6 Å². The van der Waals surface area contributed by atoms with Gasteiger partial charge in [-0.3, -0.25) is 9.13 Å². The van der Waals surface area contributed by atoms with E-state index in [-0.39, 0.29) is 31.1 Å². The fraction of sp³-hybridized carbons (Fsp3) is 0.407. The van der Waals surface area contributed by atoms with E-state index in [1.165, 1.54) is 4.57 Å². The number of imidazole rings is 1. The fourth-order valence-corrected chi connectivity index (χ4v) is 4.50. The number of unbranched alkanes of at least 4 members (excludes halogenated alkanes) is 1. The van der Waals surface area contributed by atoms with Crippen LogP contribution in [0.5, 0.6) is 0 Å². The molecule has 0 amide bonds. The molecule has 2 heterocycles. The normalized spacial score (nSPS) is 12.0. The number of benzene rings is 2. The zero-order valence-electron chi connectivity index (χ0n) is 21.2. The number of nitrogens with zero attached hydrogens (tertiary/aromatic N) is 5. The van der Waals surface area contributed by atoms with Gasteiger partial charge >= 0.3 is 11.9 Å². The highest BCUT2D eigenvalue weighted by molar-refractivity contribution is 5.80. The lowest BCUT2D eigenvalue weighted by Gasteiger charge is -2.14. The molecule has 0 bridgehead atoms. The highest BCUT2D eigenvalue weighted by Gasteiger charge is 2.40. The minimum Gasteiger partial charge on any atom is -0.291 e. The van der Waals surface area contributed by atoms with Crippen LogP contribution in [0.15, 0.2) is 53.3 Å². The summed E-state index contributed by atoms with van der Waals surface area (Å²) in [5.41, 5.74) is 1.99. The van der Waals surface area contributed by atoms with Crippen LogP contribution in [0.25, 0.3) is 22.5 Å². The van der Waals surface area contributed by atoms with Gasteiger partial charge in [0, 0.05) is 12.1 Å². The highest BCUT2D eigenvalue weighted by atomic mass is 19.4. The SMILES string of the molecule is CCCCn1c(C(F)(F)F)c(CCC(C)C)n(Cc2ccc(-c3ccccc3-c3nn[nH]n3)cc2)c1=O. The van der Waals surface area contributed by atoms with Crippen LogP contribution < -0.4 is 5.69 Å². The first-order chi connectivity index (χ1) is 17.7. The van der Waals surface area contributed by atoms with Crippen LogP contribution >= 0.6 is 0 Å². The van der Waals surface area contributed by atoms with Crippen LogP contribution in [0, 0.1) is 5.92 Å². The van der Waals surface area contributed by atoms with Gasteiger partial charge in [-0.1, -0.05) is 75.7 Å². The van der Waals surface area contributed by atoms with Crippen molar-refractivity contribution in [2.45, 2.75) is 65.7 Å². The smallest absolute Gasteiger partial charge is 0.291 e. The van der Waals surface area contributed by atoms with E-state index in [1.54, 1.807) is 0 Å². The Hall–Kier alpha value is -3.69. The zero-order valence-corrected chi connectivity index (χ0v) is 21.2. The van der Waals surface area contributed by atoms with Crippen molar-refractivity contribution in [1.29, 1.82) is 0 Å². The van der Waals surface area contributed by atoms with Gasteiger partial charge < -0.3 is 0 Å². The third kappa shape index (κ3) is 5.84. The number of H-pyrrole nitrogens is 1. The van der Waals surface area contributed by atoms with Crippen LogP contribution in [-0.2, 0) is 25.7 Å². The Morgan fingerprint density at radius 1 is 1.00 bits per heavy atom. The van der Waals surface area contributed by atoms with Gasteiger partial charge in [0.1, 0.15) is 5.69 Å². The second-order valence-electron chi connectivity index (χ2n) is 9.58. The van der Waals surface area contributed by atoms with Gasteiger partial charge in [-0.25, -0.2) is 4.79 Å². The van der Waals surface area contributed by atoms with Gasteiger partial charge in [-0.15, -0.1) is 10.2 Å². The maximum absolute atomic E-state index is 14.2. The molecule has 7 nitrogen and oxygen atoms in total. The molecule has 2 aromatic heterocycles. The number of tetrazole rings is 1. The molecule has 0 radical (unpaired) electrons. The van der Waals surface area contributed by atoms with Crippen molar-refractivity contribution < 1.29 is 13.2 Å². The Bertz CT molecular complexity index is 1370. The maximum Gasteiger partial charge on any atom is 0.433 e. The van der Waals surface area contributed by atoms with E-state index in [0.717, 1.165) is 26.8 Å². The minimum absolute atomic E-state index is 0.0532. The molecule has 0 saturated heterocycles. The average Bonchev–Trinajstić information content (AvgIpc) is 3.49. The summed E-state index contributed by atoms with van der Waals surface area (Å²) in [5, 5.41) is 14.2. The standard InChI is InChI=1S/C27H31F3N6O/c1-4-5-16-35-24(27(28,29)30)23(15-10-18(2)3)36(26(35)37)17-19-11-13-20(14-12-19)21-8-6-7-9-22(21)25-31-33-34-32-25/h6-9,11-14,18H,4-5,10,15-17H2,1-3H3,(H,31,32,33,34). The fourth-order valence-electron chi connectivity index (χ4n) is 4.50. The molecule has 0 unspecified atom stereocenters. The first-order valence-corrected chi connectivity index (χ1v) is 12.5. The second-order valence-corrected chi connectivity index (χ2v) is 9.58. The summed E-state index contributed by atoms with van der Waals surface area (Å²) in [7, 11) is 0. The van der Waals surface area contributed by atoms with E-state index in [0.29, 0.717) is 25.1 Å². The van der Waals surface area contributed by atoms with Crippen LogP contribution in [0.1, 0.15) is 57.0 Å². The highest BCUT2D eigenvalue weighted by Crippen LogP contribution is 2.34. The molecule has 4 aromatic rings. The minimum atomic E-state index is -4.60. The molecule has 37 heavy (non-hydrogen) atoms. The van der Waals surface area contributed by atoms with E-state index in [9.17, 15) is 18.0 Å². The quantitative estimate of drug-likeness (QED) is 0.285. The summed E-state index contributed by atoms with van der Waals surface area (Å²) in [5.74, 6) is 0.677. The average molecular weight is 513 g/mol. The molecule has 2 aromatic carbocycles. The van der Waals surface area contributed by atoms with E-state index >= 15 is 0 Å². The first kappa shape index (κ1) is 26.4. The number of alkyl halides is 3. The predicted molar refractivity (Wildman–Crippen MR) is 136 cm³/mol. The van der Waals surface area contributed by atoms with Gasteiger partial charge in [0.15, 0.2) is 0 Å². The lowest BCUT2D eigenvalue weighted by atomic mass is 9.98. The zero-order chi connectivity index (χ0) is 26.6. The van der Waals surface area contributed by atoms with Crippen LogP contribution in [0.3, 0.4) is 0 Å². The summed E-state index contributed by atoms with van der Waals surface area (Å²) in [6, 6.07) is 15.1. The monoisotopic (exact) mass is 512 g/mol. The van der Waals surface area contributed by atoms with Crippen molar-refractivity contribution in [2.24, 2.45) is 5.92 Å². The number of hydrogen-bond donors (Lipinski definition) is 1. The molecule has 4 rings (SSSR count). The molecular formula is C27H31F3N6O. The Balaban J connectivity index is 1.71. The lowest BCUT2D eigenvalue weighted by molar-refractivity contribution is -0.144. The number of aromatic nitrogens is 6. The number of nitrogens with one attached hydrogen (secondary N) is 1. The number of halogens is 3. The maximum atomic E-state index is 14.2. The van der Waals surface area contributed by atoms with Crippen molar-refractivity contribution in [3.63, 3.8) is 0 Å². The van der Waals surface area contributed by atoms with Gasteiger partial charge in [0.25, 0.3) is 0 Å². The molecule has 0 atom stereocenters. The van der Waals surface area contributed by atoms with Crippen molar-refractivity contribution in [2.75, 3.05) is 0 Å². The molecule has 0 saturated carbocycles. The summed E-state index contributed by atoms with van der Waals surface area (Å²) in [6.45, 7) is 5.95. The Kier molecular flexibility index (Phi) is 7.94. The Labute approximate surface area is 213 Å². The molecule has 196 valence electrons. The molecule has 1 N–H and O–H groups in total. The Morgan fingerprint density at radius 3 is 2.30 bits per heavy atom. The van der Waals surface area contributed by atoms with E-state index < -0.39 is 17.6 Å². The number of hydrogen-bond acceptors (Lipinski definition) is 4. The molecule has 0 aliphatic rings. The summed E-state index contributed by atoms with van der Waals surface area (Å²) < 4.78 is 44.8. The molecule has 10 heteroatoms.